The number of hydrogen-bond donors (Lipinski definition) is 3. The third-order valence-electron chi connectivity index (χ3n) is 5.46. The van der Waals surface area contributed by atoms with E-state index in [9.17, 15) is 31.9 Å². The van der Waals surface area contributed by atoms with Gasteiger partial charge in [-0.05, 0) is 30.3 Å². The molecule has 0 fully saturated rings. The van der Waals surface area contributed by atoms with Crippen LogP contribution in [0, 0.1) is 5.82 Å². The molecule has 38 heavy (non-hydrogen) atoms. The number of pyridine rings is 2. The second-order valence-corrected chi connectivity index (χ2v) is 9.01. The molecule has 14 heteroatoms. The summed E-state index contributed by atoms with van der Waals surface area (Å²) in [5.41, 5.74) is 0.832. The Morgan fingerprint density at radius 1 is 1.08 bits per heavy atom. The Hall–Kier alpha value is -4.46. The number of H-pyrrole nitrogens is 2. The van der Waals surface area contributed by atoms with Crippen molar-refractivity contribution in [3.63, 3.8) is 0 Å². The zero-order chi connectivity index (χ0) is 27.0. The van der Waals surface area contributed by atoms with Crippen LogP contribution in [0.5, 0.6) is 0 Å². The number of amides is 1. The molecule has 3 N–H and O–H groups in total. The number of nitrogens with zero attached hydrogens (tertiary/aromatic N) is 2. The minimum atomic E-state index is -5.11. The highest BCUT2D eigenvalue weighted by Crippen LogP contribution is 2.35. The monoisotopic (exact) mass is 545 g/mol. The van der Waals surface area contributed by atoms with Gasteiger partial charge in [0, 0.05) is 39.6 Å². The van der Waals surface area contributed by atoms with Crippen molar-refractivity contribution in [3.05, 3.63) is 70.7 Å². The summed E-state index contributed by atoms with van der Waals surface area (Å²) < 4.78 is 54.6. The van der Waals surface area contributed by atoms with E-state index in [0.717, 1.165) is 11.8 Å². The summed E-state index contributed by atoms with van der Waals surface area (Å²) in [6.07, 6.45) is -0.884. The van der Waals surface area contributed by atoms with Gasteiger partial charge in [0.2, 0.25) is 0 Å². The lowest BCUT2D eigenvalue weighted by Gasteiger charge is -2.08. The number of rotatable bonds is 6. The predicted octanol–water partition coefficient (Wildman–Crippen LogP) is 4.08. The third kappa shape index (κ3) is 4.89. The minimum Gasteiger partial charge on any atom is -0.457 e. The lowest BCUT2D eigenvalue weighted by molar-refractivity contribution is -0.199. The first-order chi connectivity index (χ1) is 18.1. The Kier molecular flexibility index (Phi) is 6.48. The summed E-state index contributed by atoms with van der Waals surface area (Å²) in [6, 6.07) is 7.31. The van der Waals surface area contributed by atoms with Crippen LogP contribution in [0.1, 0.15) is 10.4 Å². The second-order valence-electron chi connectivity index (χ2n) is 7.95. The number of aromatic amines is 2. The maximum absolute atomic E-state index is 14.0. The molecular formula is C24H15F4N5O4S. The van der Waals surface area contributed by atoms with Crippen molar-refractivity contribution >= 4 is 56.2 Å². The Bertz CT molecular complexity index is 1780. The molecule has 5 aromatic rings. The summed E-state index contributed by atoms with van der Waals surface area (Å²) in [5.74, 6) is -3.46. The Labute approximate surface area is 213 Å². The van der Waals surface area contributed by atoms with Crippen molar-refractivity contribution < 1.29 is 31.9 Å². The number of halogens is 4. The topological polar surface area (TPSA) is 130 Å². The molecule has 0 aliphatic heterocycles. The average Bonchev–Trinajstić information content (AvgIpc) is 3.29. The lowest BCUT2D eigenvalue weighted by Crippen LogP contribution is -2.31. The van der Waals surface area contributed by atoms with Crippen molar-refractivity contribution in [2.45, 2.75) is 16.2 Å². The SMILES string of the molecule is O=C(NCCOC(=O)C(F)(F)F)c1cncc(Sc2nc3c4cc[nH]c(=O)c4c4cc(F)ccc4c3[nH]2)c1. The van der Waals surface area contributed by atoms with Gasteiger partial charge in [-0.15, -0.1) is 0 Å². The summed E-state index contributed by atoms with van der Waals surface area (Å²) in [4.78, 5) is 50.6. The molecule has 0 unspecified atom stereocenters. The standard InChI is InChI=1S/C24H15F4N5O4S/c25-12-1-2-14-16(8-12)17-15(3-4-30-21(17)35)19-18(14)32-23(33-19)38-13-7-11(9-29-10-13)20(34)31-5-6-37-22(36)24(26,27)28/h1-4,7-10H,5-6H2,(H,30,35)(H,31,34)(H,32,33). The van der Waals surface area contributed by atoms with Gasteiger partial charge in [-0.3, -0.25) is 14.6 Å². The first kappa shape index (κ1) is 25.2. The molecule has 194 valence electrons. The van der Waals surface area contributed by atoms with Gasteiger partial charge in [-0.2, -0.15) is 13.2 Å². The molecule has 1 amide bonds. The molecule has 0 saturated carbocycles. The highest BCUT2D eigenvalue weighted by Gasteiger charge is 2.40. The molecule has 3 heterocycles. The number of benzene rings is 2. The molecule has 0 aliphatic rings. The lowest BCUT2D eigenvalue weighted by atomic mass is 10.0. The number of carbonyl (C=O) groups excluding carboxylic acids is 2. The Morgan fingerprint density at radius 2 is 1.89 bits per heavy atom. The highest BCUT2D eigenvalue weighted by atomic mass is 32.2. The summed E-state index contributed by atoms with van der Waals surface area (Å²) in [5, 5.41) is 4.62. The summed E-state index contributed by atoms with van der Waals surface area (Å²) in [6.45, 7) is -0.985. The van der Waals surface area contributed by atoms with Gasteiger partial charge in [0.25, 0.3) is 11.5 Å². The van der Waals surface area contributed by atoms with Gasteiger partial charge >= 0.3 is 12.1 Å². The van der Waals surface area contributed by atoms with Gasteiger partial charge in [0.05, 0.1) is 28.5 Å². The maximum Gasteiger partial charge on any atom is 0.490 e. The van der Waals surface area contributed by atoms with Crippen LogP contribution in [0.15, 0.2) is 63.8 Å². The molecule has 0 spiro atoms. The molecule has 5 rings (SSSR count). The molecule has 3 aromatic heterocycles. The van der Waals surface area contributed by atoms with Crippen LogP contribution in [0.25, 0.3) is 32.6 Å². The minimum absolute atomic E-state index is 0.117. The zero-order valence-corrected chi connectivity index (χ0v) is 19.8. The van der Waals surface area contributed by atoms with Crippen LogP contribution in [0.4, 0.5) is 17.6 Å². The fraction of sp³-hybridized carbons (Fsp3) is 0.125. The largest absolute Gasteiger partial charge is 0.490 e. The zero-order valence-electron chi connectivity index (χ0n) is 19.0. The number of ether oxygens (including phenoxy) is 1. The molecule has 2 aromatic carbocycles. The normalized spacial score (nSPS) is 11.8. The van der Waals surface area contributed by atoms with Crippen LogP contribution >= 0.6 is 11.8 Å². The van der Waals surface area contributed by atoms with Crippen LogP contribution in [-0.2, 0) is 9.53 Å². The van der Waals surface area contributed by atoms with Crippen molar-refractivity contribution in [1.82, 2.24) is 25.3 Å². The van der Waals surface area contributed by atoms with Crippen LogP contribution in [0.2, 0.25) is 0 Å². The quantitative estimate of drug-likeness (QED) is 0.127. The number of aromatic nitrogens is 4. The number of imidazole rings is 1. The fourth-order valence-corrected chi connectivity index (χ4v) is 4.69. The van der Waals surface area contributed by atoms with Gasteiger partial charge in [-0.25, -0.2) is 14.2 Å². The number of hydrogen-bond acceptors (Lipinski definition) is 7. The first-order valence-electron chi connectivity index (χ1n) is 10.9. The molecule has 0 bridgehead atoms. The number of nitrogens with one attached hydrogen (secondary N) is 3. The predicted molar refractivity (Wildman–Crippen MR) is 129 cm³/mol. The Balaban J connectivity index is 1.39. The van der Waals surface area contributed by atoms with Crippen molar-refractivity contribution in [2.24, 2.45) is 0 Å². The van der Waals surface area contributed by atoms with E-state index >= 15 is 0 Å². The molecular weight excluding hydrogens is 530 g/mol. The molecule has 0 aliphatic carbocycles. The molecule has 0 atom stereocenters. The number of carbonyl (C=O) groups is 2. The van der Waals surface area contributed by atoms with E-state index in [1.165, 1.54) is 36.8 Å². The van der Waals surface area contributed by atoms with Gasteiger partial charge in [0.1, 0.15) is 12.4 Å². The molecule has 0 saturated heterocycles. The van der Waals surface area contributed by atoms with Gasteiger partial charge in [0.15, 0.2) is 5.16 Å². The fourth-order valence-electron chi connectivity index (χ4n) is 3.88. The van der Waals surface area contributed by atoms with E-state index in [1.807, 2.05) is 0 Å². The van der Waals surface area contributed by atoms with E-state index in [1.54, 1.807) is 12.1 Å². The van der Waals surface area contributed by atoms with Crippen molar-refractivity contribution in [1.29, 1.82) is 0 Å². The second kappa shape index (κ2) is 9.78. The molecule has 9 nitrogen and oxygen atoms in total. The average molecular weight is 545 g/mol. The number of esters is 1. The van der Waals surface area contributed by atoms with E-state index in [-0.39, 0.29) is 17.7 Å². The van der Waals surface area contributed by atoms with Crippen LogP contribution < -0.4 is 10.9 Å². The molecule has 0 radical (unpaired) electrons. The summed E-state index contributed by atoms with van der Waals surface area (Å²) in [7, 11) is 0. The highest BCUT2D eigenvalue weighted by molar-refractivity contribution is 7.99. The number of alkyl halides is 3. The third-order valence-corrected chi connectivity index (χ3v) is 6.31. The van der Waals surface area contributed by atoms with Gasteiger partial charge in [-0.1, -0.05) is 11.8 Å². The van der Waals surface area contributed by atoms with E-state index in [0.29, 0.717) is 42.6 Å². The first-order valence-corrected chi connectivity index (χ1v) is 11.7. The maximum atomic E-state index is 14.0. The van der Waals surface area contributed by atoms with E-state index < -0.39 is 30.5 Å². The van der Waals surface area contributed by atoms with Crippen molar-refractivity contribution in [2.75, 3.05) is 13.2 Å². The van der Waals surface area contributed by atoms with Crippen LogP contribution in [-0.4, -0.2) is 51.1 Å². The van der Waals surface area contributed by atoms with Crippen LogP contribution in [0.3, 0.4) is 0 Å². The number of fused-ring (bicyclic) bond motifs is 6. The van der Waals surface area contributed by atoms with Gasteiger partial charge < -0.3 is 20.0 Å². The summed E-state index contributed by atoms with van der Waals surface area (Å²) >= 11 is 1.14. The van der Waals surface area contributed by atoms with E-state index in [2.05, 4.69) is 30.0 Å². The van der Waals surface area contributed by atoms with Crippen molar-refractivity contribution in [3.8, 4) is 0 Å². The Morgan fingerprint density at radius 3 is 2.68 bits per heavy atom. The smallest absolute Gasteiger partial charge is 0.457 e. The van der Waals surface area contributed by atoms with E-state index in [4.69, 9.17) is 0 Å².